The zero-order valence-electron chi connectivity index (χ0n) is 12.5. The molecule has 0 radical (unpaired) electrons. The highest BCUT2D eigenvalue weighted by Crippen LogP contribution is 2.23. The lowest BCUT2D eigenvalue weighted by Gasteiger charge is -2.28. The maximum Gasteiger partial charge on any atom is 0.308 e. The van der Waals surface area contributed by atoms with Gasteiger partial charge in [0.1, 0.15) is 6.10 Å². The molecule has 0 aliphatic carbocycles. The Morgan fingerprint density at radius 1 is 1.11 bits per heavy atom. The van der Waals surface area contributed by atoms with Gasteiger partial charge in [-0.15, -0.1) is 0 Å². The molecule has 0 N–H and O–H groups in total. The van der Waals surface area contributed by atoms with Crippen LogP contribution in [0.15, 0.2) is 0 Å². The fourth-order valence-corrected chi connectivity index (χ4v) is 4.07. The number of esters is 1. The molecule has 1 unspecified atom stereocenters. The van der Waals surface area contributed by atoms with E-state index >= 15 is 0 Å². The number of methoxy groups -OCH3 is 1. The second-order valence-electron chi connectivity index (χ2n) is 4.61. The summed E-state index contributed by atoms with van der Waals surface area (Å²) in [4.78, 5) is 16.8. The molecule has 0 spiro atoms. The van der Waals surface area contributed by atoms with Crippen molar-refractivity contribution in [3.05, 3.63) is 0 Å². The van der Waals surface area contributed by atoms with Crippen molar-refractivity contribution in [2.45, 2.75) is 71.2 Å². The molecule has 0 saturated heterocycles. The summed E-state index contributed by atoms with van der Waals surface area (Å²) in [7, 11) is -0.347. The summed E-state index contributed by atoms with van der Waals surface area (Å²) in [5, 5.41) is 0. The van der Waals surface area contributed by atoms with Crippen LogP contribution in [0.5, 0.6) is 0 Å². The predicted octanol–water partition coefficient (Wildman–Crippen LogP) is 3.67. The van der Waals surface area contributed by atoms with Gasteiger partial charge < -0.3 is 4.74 Å². The number of rotatable bonds is 10. The minimum absolute atomic E-state index is 0.182. The number of carbonyl (C=O) groups excluding carboxylic acids is 1. The van der Waals surface area contributed by atoms with Crippen LogP contribution in [0, 0.1) is 0 Å². The summed E-state index contributed by atoms with van der Waals surface area (Å²) >= 11 is 0. The van der Waals surface area contributed by atoms with Gasteiger partial charge in [-0.1, -0.05) is 34.1 Å². The molecule has 0 amide bonds. The van der Waals surface area contributed by atoms with Crippen molar-refractivity contribution in [2.24, 2.45) is 0 Å². The molecule has 1 atom stereocenters. The first-order valence-electron chi connectivity index (χ1n) is 6.98. The van der Waals surface area contributed by atoms with Crippen LogP contribution >= 0.6 is 0 Å². The Balaban J connectivity index is 4.35. The summed E-state index contributed by atoms with van der Waals surface area (Å²) in [6.07, 6.45) is 1.87. The molecule has 5 heteroatoms. The van der Waals surface area contributed by atoms with Gasteiger partial charge in [0.15, 0.2) is 0 Å². The molecule has 108 valence electrons. The Morgan fingerprint density at radius 3 is 2.06 bits per heavy atom. The Labute approximate surface area is 112 Å². The maximum atomic E-state index is 11.3. The van der Waals surface area contributed by atoms with Crippen molar-refractivity contribution >= 4 is 14.3 Å². The highest BCUT2D eigenvalue weighted by molar-refractivity contribution is 6.73. The van der Waals surface area contributed by atoms with E-state index in [0.29, 0.717) is 0 Å². The zero-order valence-corrected chi connectivity index (χ0v) is 13.5. The summed E-state index contributed by atoms with van der Waals surface area (Å²) < 4.78 is 10.4. The number of hydrogen-bond donors (Lipinski definition) is 0. The third-order valence-corrected chi connectivity index (χ3v) is 7.84. The largest absolute Gasteiger partial charge is 0.469 e. The zero-order chi connectivity index (χ0) is 14.0. The van der Waals surface area contributed by atoms with E-state index in [1.807, 2.05) is 0 Å². The van der Waals surface area contributed by atoms with Gasteiger partial charge in [-0.3, -0.25) is 9.37 Å². The van der Waals surface area contributed by atoms with Crippen LogP contribution in [-0.2, 0) is 19.0 Å². The summed E-state index contributed by atoms with van der Waals surface area (Å²) in [5.41, 5.74) is 0. The average molecular weight is 276 g/mol. The van der Waals surface area contributed by atoms with Crippen molar-refractivity contribution in [1.29, 1.82) is 0 Å². The molecule has 0 fully saturated rings. The summed E-state index contributed by atoms with van der Waals surface area (Å²) in [5.74, 6) is -0.242. The molecule has 0 aromatic carbocycles. The lowest BCUT2D eigenvalue weighted by molar-refractivity contribution is -0.260. The maximum absolute atomic E-state index is 11.3. The van der Waals surface area contributed by atoms with E-state index in [0.717, 1.165) is 31.0 Å². The van der Waals surface area contributed by atoms with Crippen LogP contribution in [0.25, 0.3) is 0 Å². The predicted molar refractivity (Wildman–Crippen MR) is 74.7 cm³/mol. The lowest BCUT2D eigenvalue weighted by atomic mass is 10.1. The van der Waals surface area contributed by atoms with Crippen LogP contribution in [0.3, 0.4) is 0 Å². The minimum Gasteiger partial charge on any atom is -0.469 e. The molecule has 0 aliphatic heterocycles. The quantitative estimate of drug-likeness (QED) is 0.264. The highest BCUT2D eigenvalue weighted by atomic mass is 28.4. The first-order chi connectivity index (χ1) is 8.57. The molecule has 4 nitrogen and oxygen atoms in total. The van der Waals surface area contributed by atoms with E-state index in [1.165, 1.54) is 7.11 Å². The fraction of sp³-hybridized carbons (Fsp3) is 0.923. The monoisotopic (exact) mass is 276 g/mol. The van der Waals surface area contributed by atoms with Gasteiger partial charge in [0.25, 0.3) is 0 Å². The Morgan fingerprint density at radius 2 is 1.67 bits per heavy atom. The van der Waals surface area contributed by atoms with Crippen LogP contribution in [0.4, 0.5) is 0 Å². The van der Waals surface area contributed by atoms with Gasteiger partial charge >= 0.3 is 5.97 Å². The summed E-state index contributed by atoms with van der Waals surface area (Å²) in [6, 6.07) is 3.12. The van der Waals surface area contributed by atoms with Gasteiger partial charge in [0, 0.05) is 0 Å². The molecule has 0 bridgehead atoms. The first kappa shape index (κ1) is 17.6. The third kappa shape index (κ3) is 5.98. The average Bonchev–Trinajstić information content (AvgIpc) is 2.40. The van der Waals surface area contributed by atoms with Crippen molar-refractivity contribution in [1.82, 2.24) is 0 Å². The van der Waals surface area contributed by atoms with Crippen molar-refractivity contribution in [3.63, 3.8) is 0 Å². The second kappa shape index (κ2) is 9.53. The molecular formula is C13H28O4Si. The third-order valence-electron chi connectivity index (χ3n) is 3.53. The standard InChI is InChI=1S/C13H28O4Si/c1-6-10-12(11-13(14)15-5)16-17-18(7-2,8-3)9-4/h12H,6-11H2,1-5H3. The molecule has 0 heterocycles. The molecule has 0 aromatic heterocycles. The van der Waals surface area contributed by atoms with Crippen LogP contribution in [-0.4, -0.2) is 27.5 Å². The van der Waals surface area contributed by atoms with Crippen molar-refractivity contribution in [3.8, 4) is 0 Å². The Kier molecular flexibility index (Phi) is 9.32. The highest BCUT2D eigenvalue weighted by Gasteiger charge is 2.32. The fourth-order valence-electron chi connectivity index (χ4n) is 1.87. The van der Waals surface area contributed by atoms with Crippen LogP contribution in [0.2, 0.25) is 18.1 Å². The van der Waals surface area contributed by atoms with Crippen molar-refractivity contribution in [2.75, 3.05) is 7.11 Å². The van der Waals surface area contributed by atoms with Crippen LogP contribution < -0.4 is 0 Å². The van der Waals surface area contributed by atoms with Gasteiger partial charge in [0.2, 0.25) is 8.32 Å². The topological polar surface area (TPSA) is 44.8 Å². The van der Waals surface area contributed by atoms with Gasteiger partial charge in [-0.25, -0.2) is 4.89 Å². The first-order valence-corrected chi connectivity index (χ1v) is 9.51. The van der Waals surface area contributed by atoms with E-state index in [1.54, 1.807) is 0 Å². The van der Waals surface area contributed by atoms with E-state index in [9.17, 15) is 4.79 Å². The molecule has 0 rings (SSSR count). The number of ether oxygens (including phenoxy) is 1. The molecule has 0 saturated carbocycles. The van der Waals surface area contributed by atoms with E-state index < -0.39 is 8.32 Å². The van der Waals surface area contributed by atoms with Crippen LogP contribution in [0.1, 0.15) is 47.0 Å². The Bertz CT molecular complexity index is 221. The molecule has 0 aromatic rings. The van der Waals surface area contributed by atoms with Gasteiger partial charge in [0.05, 0.1) is 13.5 Å². The van der Waals surface area contributed by atoms with Gasteiger partial charge in [-0.05, 0) is 24.6 Å². The Hall–Kier alpha value is -0.393. The van der Waals surface area contributed by atoms with E-state index in [-0.39, 0.29) is 18.5 Å². The SMILES string of the molecule is CCCC(CC(=O)OC)OO[Si](CC)(CC)CC. The molecule has 0 aliphatic rings. The lowest BCUT2D eigenvalue weighted by Crippen LogP contribution is -2.37. The number of hydrogen-bond acceptors (Lipinski definition) is 4. The van der Waals surface area contributed by atoms with Crippen molar-refractivity contribution < 1.29 is 19.0 Å². The van der Waals surface area contributed by atoms with E-state index in [2.05, 4.69) is 32.4 Å². The smallest absolute Gasteiger partial charge is 0.308 e. The molecule has 18 heavy (non-hydrogen) atoms. The van der Waals surface area contributed by atoms with E-state index in [4.69, 9.17) is 9.46 Å². The summed E-state index contributed by atoms with van der Waals surface area (Å²) in [6.45, 7) is 8.52. The normalized spacial score (nSPS) is 13.4. The molecular weight excluding hydrogens is 248 g/mol. The number of carbonyl (C=O) groups is 1. The van der Waals surface area contributed by atoms with Gasteiger partial charge in [-0.2, -0.15) is 0 Å². The minimum atomic E-state index is -1.74. The second-order valence-corrected chi connectivity index (χ2v) is 9.27.